The molecule has 19 heavy (non-hydrogen) atoms. The number of hydrogen-bond donors (Lipinski definition) is 0. The summed E-state index contributed by atoms with van der Waals surface area (Å²) < 4.78 is 7.72. The molecule has 0 radical (unpaired) electrons. The average molecular weight is 259 g/mol. The molecule has 1 aliphatic rings. The van der Waals surface area contributed by atoms with Crippen molar-refractivity contribution < 1.29 is 4.42 Å². The van der Waals surface area contributed by atoms with Crippen molar-refractivity contribution in [3.63, 3.8) is 0 Å². The van der Waals surface area contributed by atoms with Gasteiger partial charge in [0.1, 0.15) is 11.6 Å². The zero-order valence-electron chi connectivity index (χ0n) is 12.1. The molecule has 0 atom stereocenters. The van der Waals surface area contributed by atoms with E-state index in [-0.39, 0.29) is 5.54 Å². The van der Waals surface area contributed by atoms with Crippen LogP contribution in [0.3, 0.4) is 0 Å². The molecule has 1 fully saturated rings. The Morgan fingerprint density at radius 2 is 2.00 bits per heavy atom. The van der Waals surface area contributed by atoms with Crippen molar-refractivity contribution in [2.45, 2.75) is 58.4 Å². The van der Waals surface area contributed by atoms with Gasteiger partial charge in [0.25, 0.3) is 0 Å². The van der Waals surface area contributed by atoms with Gasteiger partial charge >= 0.3 is 0 Å². The number of nitrogens with zero attached hydrogens (tertiary/aromatic N) is 3. The summed E-state index contributed by atoms with van der Waals surface area (Å²) in [6.45, 7) is 8.44. The van der Waals surface area contributed by atoms with Crippen LogP contribution < -0.4 is 0 Å². The van der Waals surface area contributed by atoms with Crippen molar-refractivity contribution in [3.8, 4) is 11.6 Å². The number of furan rings is 1. The van der Waals surface area contributed by atoms with Gasteiger partial charge in [-0.25, -0.2) is 9.67 Å². The maximum Gasteiger partial charge on any atom is 0.217 e. The zero-order chi connectivity index (χ0) is 13.6. The third-order valence-electron chi connectivity index (χ3n) is 3.70. The van der Waals surface area contributed by atoms with E-state index in [9.17, 15) is 0 Å². The maximum absolute atomic E-state index is 5.64. The summed E-state index contributed by atoms with van der Waals surface area (Å²) in [5, 5.41) is 4.68. The topological polar surface area (TPSA) is 43.9 Å². The van der Waals surface area contributed by atoms with E-state index in [1.807, 2.05) is 19.1 Å². The normalized spacial score (nSPS) is 16.6. The maximum atomic E-state index is 5.64. The van der Waals surface area contributed by atoms with Gasteiger partial charge in [0, 0.05) is 5.92 Å². The molecule has 4 heteroatoms. The van der Waals surface area contributed by atoms with E-state index >= 15 is 0 Å². The number of aryl methyl sites for hydroxylation is 1. The minimum absolute atomic E-state index is 0.0438. The van der Waals surface area contributed by atoms with Crippen LogP contribution >= 0.6 is 0 Å². The third-order valence-corrected chi connectivity index (χ3v) is 3.70. The van der Waals surface area contributed by atoms with Gasteiger partial charge in [0.2, 0.25) is 5.82 Å². The molecule has 2 heterocycles. The highest BCUT2D eigenvalue weighted by atomic mass is 16.3. The second-order valence-electron chi connectivity index (χ2n) is 6.41. The first-order valence-electron chi connectivity index (χ1n) is 6.99. The SMILES string of the molecule is Cc1ccc(-c2nc(C3CCC3)n(C(C)(C)C)n2)o1. The van der Waals surface area contributed by atoms with Crippen molar-refractivity contribution >= 4 is 0 Å². The largest absolute Gasteiger partial charge is 0.458 e. The van der Waals surface area contributed by atoms with Crippen molar-refractivity contribution in [1.29, 1.82) is 0 Å². The summed E-state index contributed by atoms with van der Waals surface area (Å²) in [6, 6.07) is 3.90. The lowest BCUT2D eigenvalue weighted by atomic mass is 9.84. The molecule has 0 amide bonds. The first-order chi connectivity index (χ1) is 8.95. The highest BCUT2D eigenvalue weighted by molar-refractivity contribution is 5.46. The van der Waals surface area contributed by atoms with Crippen LogP contribution in [0.1, 0.15) is 57.5 Å². The van der Waals surface area contributed by atoms with Crippen molar-refractivity contribution in [1.82, 2.24) is 14.8 Å². The number of hydrogen-bond acceptors (Lipinski definition) is 3. The Balaban J connectivity index is 2.05. The fraction of sp³-hybridized carbons (Fsp3) is 0.600. The molecule has 102 valence electrons. The summed E-state index contributed by atoms with van der Waals surface area (Å²) in [5.41, 5.74) is -0.0438. The standard InChI is InChI=1S/C15H21N3O/c1-10-8-9-12(19-10)13-16-14(11-6-5-7-11)18(17-13)15(2,3)4/h8-9,11H,5-7H2,1-4H3. The summed E-state index contributed by atoms with van der Waals surface area (Å²) in [5.74, 6) is 4.05. The molecule has 4 nitrogen and oxygen atoms in total. The quantitative estimate of drug-likeness (QED) is 0.822. The lowest BCUT2D eigenvalue weighted by molar-refractivity contribution is 0.302. The first-order valence-corrected chi connectivity index (χ1v) is 6.99. The van der Waals surface area contributed by atoms with E-state index in [0.29, 0.717) is 11.7 Å². The van der Waals surface area contributed by atoms with Gasteiger partial charge in [-0.2, -0.15) is 0 Å². The second kappa shape index (κ2) is 4.22. The summed E-state index contributed by atoms with van der Waals surface area (Å²) in [7, 11) is 0. The molecule has 0 aliphatic heterocycles. The molecule has 1 aliphatic carbocycles. The van der Waals surface area contributed by atoms with Gasteiger partial charge in [-0.15, -0.1) is 5.10 Å². The molecular weight excluding hydrogens is 238 g/mol. The molecule has 0 bridgehead atoms. The van der Waals surface area contributed by atoms with Crippen LogP contribution in [0, 0.1) is 6.92 Å². The third kappa shape index (κ3) is 2.20. The molecule has 0 unspecified atom stereocenters. The number of rotatable bonds is 2. The smallest absolute Gasteiger partial charge is 0.217 e. The van der Waals surface area contributed by atoms with E-state index in [2.05, 4.69) is 30.6 Å². The van der Waals surface area contributed by atoms with Gasteiger partial charge in [-0.3, -0.25) is 0 Å². The molecule has 0 spiro atoms. The Morgan fingerprint density at radius 1 is 1.26 bits per heavy atom. The molecule has 0 saturated heterocycles. The number of aromatic nitrogens is 3. The van der Waals surface area contributed by atoms with Crippen LogP contribution in [0.5, 0.6) is 0 Å². The molecule has 1 saturated carbocycles. The first kappa shape index (κ1) is 12.5. The summed E-state index contributed by atoms with van der Waals surface area (Å²) in [6.07, 6.45) is 3.76. The Bertz CT molecular complexity index is 585. The van der Waals surface area contributed by atoms with Gasteiger partial charge in [0.05, 0.1) is 5.54 Å². The van der Waals surface area contributed by atoms with Crippen LogP contribution in [0.15, 0.2) is 16.5 Å². The van der Waals surface area contributed by atoms with E-state index in [0.717, 1.165) is 17.3 Å². The highest BCUT2D eigenvalue weighted by Gasteiger charge is 2.30. The monoisotopic (exact) mass is 259 g/mol. The van der Waals surface area contributed by atoms with Crippen molar-refractivity contribution in [2.75, 3.05) is 0 Å². The molecule has 3 rings (SSSR count). The van der Waals surface area contributed by atoms with Crippen LogP contribution in [0.2, 0.25) is 0 Å². The average Bonchev–Trinajstić information content (AvgIpc) is 2.80. The van der Waals surface area contributed by atoms with E-state index in [1.165, 1.54) is 19.3 Å². The van der Waals surface area contributed by atoms with Gasteiger partial charge in [-0.1, -0.05) is 6.42 Å². The van der Waals surface area contributed by atoms with Crippen LogP contribution in [-0.4, -0.2) is 14.8 Å². The fourth-order valence-electron chi connectivity index (χ4n) is 2.41. The Hall–Kier alpha value is -1.58. The zero-order valence-corrected chi connectivity index (χ0v) is 12.1. The van der Waals surface area contributed by atoms with Gasteiger partial charge in [0.15, 0.2) is 5.76 Å². The van der Waals surface area contributed by atoms with Crippen LogP contribution in [0.25, 0.3) is 11.6 Å². The predicted molar refractivity (Wildman–Crippen MR) is 74.0 cm³/mol. The van der Waals surface area contributed by atoms with Crippen molar-refractivity contribution in [3.05, 3.63) is 23.7 Å². The molecule has 0 N–H and O–H groups in total. The van der Waals surface area contributed by atoms with Crippen molar-refractivity contribution in [2.24, 2.45) is 0 Å². The van der Waals surface area contributed by atoms with E-state index in [1.54, 1.807) is 0 Å². The Kier molecular flexibility index (Phi) is 2.77. The van der Waals surface area contributed by atoms with E-state index < -0.39 is 0 Å². The van der Waals surface area contributed by atoms with Crippen LogP contribution in [-0.2, 0) is 5.54 Å². The Labute approximate surface area is 113 Å². The minimum Gasteiger partial charge on any atom is -0.458 e. The van der Waals surface area contributed by atoms with E-state index in [4.69, 9.17) is 9.40 Å². The van der Waals surface area contributed by atoms with Crippen LogP contribution in [0.4, 0.5) is 0 Å². The second-order valence-corrected chi connectivity index (χ2v) is 6.41. The van der Waals surface area contributed by atoms with Gasteiger partial charge < -0.3 is 4.42 Å². The fourth-order valence-corrected chi connectivity index (χ4v) is 2.41. The lowest BCUT2D eigenvalue weighted by Gasteiger charge is -2.29. The predicted octanol–water partition coefficient (Wildman–Crippen LogP) is 3.87. The van der Waals surface area contributed by atoms with Gasteiger partial charge in [-0.05, 0) is 52.7 Å². The molecular formula is C15H21N3O. The summed E-state index contributed by atoms with van der Waals surface area (Å²) >= 11 is 0. The minimum atomic E-state index is -0.0438. The molecule has 2 aromatic heterocycles. The molecule has 0 aromatic carbocycles. The Morgan fingerprint density at radius 3 is 2.47 bits per heavy atom. The lowest BCUT2D eigenvalue weighted by Crippen LogP contribution is -2.28. The summed E-state index contributed by atoms with van der Waals surface area (Å²) in [4.78, 5) is 4.74. The highest BCUT2D eigenvalue weighted by Crippen LogP contribution is 2.37. The molecule has 2 aromatic rings.